The van der Waals surface area contributed by atoms with Gasteiger partial charge in [0.25, 0.3) is 0 Å². The van der Waals surface area contributed by atoms with Crippen LogP contribution in [0.1, 0.15) is 55.8 Å². The molecule has 6 rings (SSSR count). The zero-order valence-electron chi connectivity index (χ0n) is 19.2. The van der Waals surface area contributed by atoms with Crippen LogP contribution in [0.4, 0.5) is 0 Å². The second kappa shape index (κ2) is 7.35. The van der Waals surface area contributed by atoms with E-state index < -0.39 is 0 Å². The average Bonchev–Trinajstić information content (AvgIpc) is 3.27. The number of benzene rings is 3. The highest BCUT2D eigenvalue weighted by molar-refractivity contribution is 6.04. The molecule has 0 amide bonds. The Balaban J connectivity index is 1.41. The monoisotopic (exact) mass is 425 g/mol. The summed E-state index contributed by atoms with van der Waals surface area (Å²) >= 11 is 0. The summed E-state index contributed by atoms with van der Waals surface area (Å²) in [6, 6.07) is 22.7. The molecule has 3 aromatic carbocycles. The Hall–Kier alpha value is -2.85. The van der Waals surface area contributed by atoms with Crippen molar-refractivity contribution in [3.8, 4) is 5.75 Å². The summed E-state index contributed by atoms with van der Waals surface area (Å²) in [5.41, 5.74) is 4.60. The summed E-state index contributed by atoms with van der Waals surface area (Å²) in [6.45, 7) is 8.82. The summed E-state index contributed by atoms with van der Waals surface area (Å²) in [7, 11) is 0. The Bertz CT molecular complexity index is 1210. The van der Waals surface area contributed by atoms with Crippen molar-refractivity contribution >= 4 is 16.5 Å². The summed E-state index contributed by atoms with van der Waals surface area (Å²) in [6.07, 6.45) is 2.88. The van der Waals surface area contributed by atoms with Crippen molar-refractivity contribution in [3.05, 3.63) is 77.4 Å². The number of hydrogen-bond acceptors (Lipinski definition) is 4. The number of aryl methyl sites for hydroxylation is 1. The highest BCUT2D eigenvalue weighted by Gasteiger charge is 2.52. The highest BCUT2D eigenvalue weighted by atomic mass is 16.5. The van der Waals surface area contributed by atoms with Crippen molar-refractivity contribution in [1.82, 2.24) is 9.91 Å². The van der Waals surface area contributed by atoms with Gasteiger partial charge in [0.1, 0.15) is 5.75 Å². The largest absolute Gasteiger partial charge is 0.466 e. The Kier molecular flexibility index (Phi) is 4.55. The van der Waals surface area contributed by atoms with Crippen LogP contribution in [0.25, 0.3) is 10.8 Å². The lowest BCUT2D eigenvalue weighted by molar-refractivity contribution is -0.152. The minimum Gasteiger partial charge on any atom is -0.466 e. The van der Waals surface area contributed by atoms with E-state index in [-0.39, 0.29) is 11.8 Å². The van der Waals surface area contributed by atoms with Gasteiger partial charge in [0.05, 0.1) is 11.8 Å². The molecule has 1 fully saturated rings. The summed E-state index contributed by atoms with van der Waals surface area (Å²) < 4.78 is 6.80. The van der Waals surface area contributed by atoms with Crippen molar-refractivity contribution < 1.29 is 4.74 Å². The van der Waals surface area contributed by atoms with Gasteiger partial charge >= 0.3 is 0 Å². The van der Waals surface area contributed by atoms with Gasteiger partial charge in [-0.1, -0.05) is 54.1 Å². The van der Waals surface area contributed by atoms with Crippen molar-refractivity contribution in [2.24, 2.45) is 5.10 Å². The number of hydrazone groups is 1. The van der Waals surface area contributed by atoms with Crippen LogP contribution < -0.4 is 4.74 Å². The van der Waals surface area contributed by atoms with Crippen LogP contribution in [0.3, 0.4) is 0 Å². The van der Waals surface area contributed by atoms with Crippen molar-refractivity contribution in [3.63, 3.8) is 0 Å². The van der Waals surface area contributed by atoms with Crippen LogP contribution in [0.5, 0.6) is 5.75 Å². The van der Waals surface area contributed by atoms with Gasteiger partial charge in [-0.05, 0) is 49.2 Å². The fourth-order valence-electron chi connectivity index (χ4n) is 5.67. The zero-order valence-corrected chi connectivity index (χ0v) is 19.2. The van der Waals surface area contributed by atoms with Crippen molar-refractivity contribution in [1.29, 1.82) is 0 Å². The Morgan fingerprint density at radius 3 is 2.53 bits per heavy atom. The minimum absolute atomic E-state index is 0.241. The smallest absolute Gasteiger partial charge is 0.200 e. The van der Waals surface area contributed by atoms with Crippen molar-refractivity contribution in [2.75, 3.05) is 13.1 Å². The SMILES string of the molecule is Cc1ccc2c(c1)[C@H]1CC(c3ccc4ccccc4c3)=NN1C1(CCN(C(C)C)CC1)O2. The van der Waals surface area contributed by atoms with Crippen LogP contribution in [0, 0.1) is 6.92 Å². The molecule has 1 saturated heterocycles. The van der Waals surface area contributed by atoms with Crippen LogP contribution in [0.15, 0.2) is 65.8 Å². The molecule has 0 N–H and O–H groups in total. The quantitative estimate of drug-likeness (QED) is 0.512. The number of rotatable bonds is 2. The first kappa shape index (κ1) is 19.8. The number of hydrogen-bond donors (Lipinski definition) is 0. The molecular formula is C28H31N3O. The third kappa shape index (κ3) is 3.12. The molecular weight excluding hydrogens is 394 g/mol. The summed E-state index contributed by atoms with van der Waals surface area (Å²) in [5, 5.41) is 10.1. The number of fused-ring (bicyclic) bond motifs is 5. The fourth-order valence-corrected chi connectivity index (χ4v) is 5.67. The molecule has 32 heavy (non-hydrogen) atoms. The molecule has 3 aliphatic heterocycles. The van der Waals surface area contributed by atoms with E-state index in [1.165, 1.54) is 33.2 Å². The highest BCUT2D eigenvalue weighted by Crippen LogP contribution is 2.50. The molecule has 0 unspecified atom stereocenters. The average molecular weight is 426 g/mol. The molecule has 3 heterocycles. The summed E-state index contributed by atoms with van der Waals surface area (Å²) in [5.74, 6) is 1.05. The number of nitrogens with zero attached hydrogens (tertiary/aromatic N) is 3. The number of ether oxygens (including phenoxy) is 1. The normalized spacial score (nSPS) is 22.1. The van der Waals surface area contributed by atoms with E-state index >= 15 is 0 Å². The Labute approximate surface area is 190 Å². The second-order valence-electron chi connectivity index (χ2n) is 9.89. The van der Waals surface area contributed by atoms with Gasteiger partial charge in [-0.25, -0.2) is 5.01 Å². The maximum atomic E-state index is 6.80. The molecule has 1 atom stereocenters. The molecule has 3 aromatic rings. The topological polar surface area (TPSA) is 28.1 Å². The van der Waals surface area contributed by atoms with Crippen molar-refractivity contribution in [2.45, 2.75) is 57.8 Å². The van der Waals surface area contributed by atoms with Gasteiger partial charge in [0.15, 0.2) is 0 Å². The molecule has 164 valence electrons. The lowest BCUT2D eigenvalue weighted by Crippen LogP contribution is -2.59. The zero-order chi connectivity index (χ0) is 21.9. The third-order valence-electron chi connectivity index (χ3n) is 7.54. The van der Waals surface area contributed by atoms with Crippen LogP contribution in [-0.2, 0) is 0 Å². The maximum absolute atomic E-state index is 6.80. The molecule has 0 aliphatic carbocycles. The van der Waals surface area contributed by atoms with Crippen LogP contribution in [-0.4, -0.2) is 40.5 Å². The molecule has 1 spiro atoms. The van der Waals surface area contributed by atoms with E-state index in [1.54, 1.807) is 0 Å². The fraction of sp³-hybridized carbons (Fsp3) is 0.393. The first-order chi connectivity index (χ1) is 15.5. The number of likely N-dealkylation sites (tertiary alicyclic amines) is 1. The first-order valence-corrected chi connectivity index (χ1v) is 11.9. The van der Waals surface area contributed by atoms with Crippen LogP contribution in [0.2, 0.25) is 0 Å². The molecule has 4 heteroatoms. The lowest BCUT2D eigenvalue weighted by atomic mass is 9.89. The van der Waals surface area contributed by atoms with Gasteiger partial charge in [0.2, 0.25) is 5.72 Å². The van der Waals surface area contributed by atoms with Gasteiger partial charge < -0.3 is 9.64 Å². The molecule has 3 aliphatic rings. The van der Waals surface area contributed by atoms with E-state index in [4.69, 9.17) is 9.84 Å². The second-order valence-corrected chi connectivity index (χ2v) is 9.89. The maximum Gasteiger partial charge on any atom is 0.200 e. The van der Waals surface area contributed by atoms with E-state index in [0.717, 1.165) is 38.1 Å². The Morgan fingerprint density at radius 1 is 0.969 bits per heavy atom. The van der Waals surface area contributed by atoms with E-state index in [1.807, 2.05) is 0 Å². The first-order valence-electron chi connectivity index (χ1n) is 11.9. The van der Waals surface area contributed by atoms with Gasteiger partial charge in [-0.3, -0.25) is 0 Å². The van der Waals surface area contributed by atoms with Gasteiger partial charge in [-0.15, -0.1) is 0 Å². The van der Waals surface area contributed by atoms with Gasteiger partial charge in [-0.2, -0.15) is 5.10 Å². The predicted octanol–water partition coefficient (Wildman–Crippen LogP) is 5.89. The van der Waals surface area contributed by atoms with Gasteiger partial charge in [0, 0.05) is 44.0 Å². The third-order valence-corrected chi connectivity index (χ3v) is 7.54. The molecule has 0 radical (unpaired) electrons. The lowest BCUT2D eigenvalue weighted by Gasteiger charge is -2.51. The van der Waals surface area contributed by atoms with Crippen LogP contribution >= 0.6 is 0 Å². The minimum atomic E-state index is -0.350. The van der Waals surface area contributed by atoms with E-state index in [9.17, 15) is 0 Å². The molecule has 0 bridgehead atoms. The Morgan fingerprint density at radius 2 is 1.75 bits per heavy atom. The number of piperidine rings is 1. The molecule has 4 nitrogen and oxygen atoms in total. The molecule has 0 aromatic heterocycles. The molecule has 0 saturated carbocycles. The predicted molar refractivity (Wildman–Crippen MR) is 130 cm³/mol. The van der Waals surface area contributed by atoms with E-state index in [0.29, 0.717) is 6.04 Å². The standard InChI is InChI=1S/C28H31N3O/c1-19(2)30-14-12-28(13-15-30)31-26(24-16-20(3)8-11-27(24)32-28)18-25(29-31)23-10-9-21-6-4-5-7-22(21)17-23/h4-11,16-17,19,26H,12-15,18H2,1-3H3/t26-/m1/s1. The summed E-state index contributed by atoms with van der Waals surface area (Å²) in [4.78, 5) is 2.55. The van der Waals surface area contributed by atoms with E-state index in [2.05, 4.69) is 91.3 Å².